The number of benzene rings is 3. The van der Waals surface area contributed by atoms with Gasteiger partial charge in [0.1, 0.15) is 5.52 Å². The smallest absolute Gasteiger partial charge is 0.251 e. The van der Waals surface area contributed by atoms with Gasteiger partial charge in [0.25, 0.3) is 5.91 Å². The molecule has 0 saturated heterocycles. The van der Waals surface area contributed by atoms with E-state index >= 15 is 0 Å². The molecule has 5 nitrogen and oxygen atoms in total. The molecule has 1 amide bonds. The van der Waals surface area contributed by atoms with Gasteiger partial charge in [0, 0.05) is 18.7 Å². The number of hydrogen-bond acceptors (Lipinski definition) is 3. The lowest BCUT2D eigenvalue weighted by atomic mass is 10.0. The Balaban J connectivity index is 1.55. The summed E-state index contributed by atoms with van der Waals surface area (Å²) in [5.41, 5.74) is 3.37. The highest BCUT2D eigenvalue weighted by Crippen LogP contribution is 2.19. The number of carbonyl (C=O) groups excluding carboxylic acids is 1. The fourth-order valence-electron chi connectivity index (χ4n) is 3.07. The number of hydrogen-bond donors (Lipinski definition) is 1. The minimum absolute atomic E-state index is 0.110. The first-order chi connectivity index (χ1) is 12.3. The maximum absolute atomic E-state index is 12.5. The molecule has 0 bridgehead atoms. The van der Waals surface area contributed by atoms with Crippen LogP contribution in [0.2, 0.25) is 0 Å². The van der Waals surface area contributed by atoms with E-state index in [-0.39, 0.29) is 5.91 Å². The number of amides is 1. The van der Waals surface area contributed by atoms with E-state index in [1.54, 1.807) is 6.07 Å². The summed E-state index contributed by atoms with van der Waals surface area (Å²) in [6.07, 6.45) is 0. The molecule has 4 aromatic rings. The van der Waals surface area contributed by atoms with Crippen molar-refractivity contribution in [3.63, 3.8) is 0 Å². The van der Waals surface area contributed by atoms with Crippen LogP contribution in [0.1, 0.15) is 22.8 Å². The quantitative estimate of drug-likeness (QED) is 0.623. The molecule has 1 N–H and O–H groups in total. The lowest BCUT2D eigenvalue weighted by Crippen LogP contribution is -2.22. The molecule has 0 spiro atoms. The normalized spacial score (nSPS) is 11.1. The third-order valence-electron chi connectivity index (χ3n) is 4.39. The fourth-order valence-corrected chi connectivity index (χ4v) is 3.07. The first-order valence-corrected chi connectivity index (χ1v) is 8.34. The van der Waals surface area contributed by atoms with Crippen molar-refractivity contribution in [2.45, 2.75) is 20.0 Å². The Bertz CT molecular complexity index is 1060. The Morgan fingerprint density at radius 3 is 2.80 bits per heavy atom. The van der Waals surface area contributed by atoms with Crippen LogP contribution in [0.25, 0.3) is 21.8 Å². The van der Waals surface area contributed by atoms with Crippen molar-refractivity contribution in [2.24, 2.45) is 0 Å². The van der Waals surface area contributed by atoms with E-state index in [2.05, 4.69) is 33.8 Å². The number of fused-ring (bicyclic) bond motifs is 2. The van der Waals surface area contributed by atoms with Gasteiger partial charge in [-0.05, 0) is 41.5 Å². The zero-order chi connectivity index (χ0) is 17.2. The minimum Gasteiger partial charge on any atom is -0.348 e. The second-order valence-corrected chi connectivity index (χ2v) is 5.93. The molecule has 0 aliphatic carbocycles. The zero-order valence-electron chi connectivity index (χ0n) is 13.9. The molecule has 3 aromatic carbocycles. The largest absolute Gasteiger partial charge is 0.348 e. The van der Waals surface area contributed by atoms with Crippen molar-refractivity contribution < 1.29 is 4.79 Å². The van der Waals surface area contributed by atoms with Gasteiger partial charge in [-0.2, -0.15) is 0 Å². The van der Waals surface area contributed by atoms with Gasteiger partial charge in [0.05, 0.1) is 5.52 Å². The average molecular weight is 330 g/mol. The Morgan fingerprint density at radius 2 is 1.92 bits per heavy atom. The van der Waals surface area contributed by atoms with E-state index in [1.165, 1.54) is 5.39 Å². The van der Waals surface area contributed by atoms with Crippen molar-refractivity contribution >= 4 is 27.7 Å². The van der Waals surface area contributed by atoms with Gasteiger partial charge >= 0.3 is 0 Å². The number of nitrogens with zero attached hydrogens (tertiary/aromatic N) is 3. The molecule has 0 aliphatic rings. The highest BCUT2D eigenvalue weighted by molar-refractivity contribution is 5.97. The zero-order valence-corrected chi connectivity index (χ0v) is 13.9. The number of rotatable bonds is 4. The first-order valence-electron chi connectivity index (χ1n) is 8.34. The van der Waals surface area contributed by atoms with Crippen molar-refractivity contribution in [1.29, 1.82) is 0 Å². The van der Waals surface area contributed by atoms with Crippen LogP contribution in [0.4, 0.5) is 0 Å². The van der Waals surface area contributed by atoms with Crippen LogP contribution in [0.5, 0.6) is 0 Å². The van der Waals surface area contributed by atoms with Crippen molar-refractivity contribution in [3.8, 4) is 0 Å². The van der Waals surface area contributed by atoms with Gasteiger partial charge in [-0.15, -0.1) is 5.10 Å². The van der Waals surface area contributed by atoms with E-state index in [9.17, 15) is 4.79 Å². The predicted molar refractivity (Wildman–Crippen MR) is 98.3 cm³/mol. The molecule has 0 atom stereocenters. The molecule has 0 aliphatic heterocycles. The molecule has 0 saturated carbocycles. The van der Waals surface area contributed by atoms with E-state index in [1.807, 2.05) is 48.0 Å². The van der Waals surface area contributed by atoms with Crippen LogP contribution in [-0.4, -0.2) is 20.9 Å². The second kappa shape index (κ2) is 6.36. The Hall–Kier alpha value is -3.21. The van der Waals surface area contributed by atoms with Gasteiger partial charge in [0.15, 0.2) is 0 Å². The third-order valence-corrected chi connectivity index (χ3v) is 4.39. The third kappa shape index (κ3) is 2.85. The fraction of sp³-hybridized carbons (Fsp3) is 0.150. The summed E-state index contributed by atoms with van der Waals surface area (Å²) in [7, 11) is 0. The topological polar surface area (TPSA) is 59.8 Å². The molecule has 25 heavy (non-hydrogen) atoms. The number of nitrogens with one attached hydrogen (secondary N) is 1. The van der Waals surface area contributed by atoms with Gasteiger partial charge in [-0.1, -0.05) is 47.7 Å². The molecule has 0 fully saturated rings. The molecule has 5 heteroatoms. The molecular formula is C20H18N4O. The highest BCUT2D eigenvalue weighted by Gasteiger charge is 2.10. The summed E-state index contributed by atoms with van der Waals surface area (Å²) in [6, 6.07) is 19.8. The van der Waals surface area contributed by atoms with Gasteiger partial charge in [-0.25, -0.2) is 4.68 Å². The molecule has 0 radical (unpaired) electrons. The predicted octanol–water partition coefficient (Wildman–Crippen LogP) is 3.53. The number of aryl methyl sites for hydroxylation is 1. The summed E-state index contributed by atoms with van der Waals surface area (Å²) in [5, 5.41) is 13.5. The van der Waals surface area contributed by atoms with E-state index in [0.29, 0.717) is 12.1 Å². The molecule has 124 valence electrons. The lowest BCUT2D eigenvalue weighted by molar-refractivity contribution is 0.0951. The highest BCUT2D eigenvalue weighted by atomic mass is 16.1. The van der Waals surface area contributed by atoms with Crippen LogP contribution in [-0.2, 0) is 13.1 Å². The molecule has 1 heterocycles. The van der Waals surface area contributed by atoms with E-state index in [4.69, 9.17) is 0 Å². The van der Waals surface area contributed by atoms with Crippen LogP contribution >= 0.6 is 0 Å². The van der Waals surface area contributed by atoms with Crippen LogP contribution in [0, 0.1) is 0 Å². The molecular weight excluding hydrogens is 312 g/mol. The summed E-state index contributed by atoms with van der Waals surface area (Å²) >= 11 is 0. The number of aromatic nitrogens is 3. The molecule has 1 aromatic heterocycles. The summed E-state index contributed by atoms with van der Waals surface area (Å²) in [5.74, 6) is -0.110. The SMILES string of the molecule is CCn1nnc2cc(C(=O)NCc3cccc4ccccc34)ccc21. The lowest BCUT2D eigenvalue weighted by Gasteiger charge is -2.08. The Kier molecular flexibility index (Phi) is 3.90. The van der Waals surface area contributed by atoms with Gasteiger partial charge in [0.2, 0.25) is 0 Å². The summed E-state index contributed by atoms with van der Waals surface area (Å²) < 4.78 is 1.81. The molecule has 0 unspecified atom stereocenters. The van der Waals surface area contributed by atoms with Gasteiger partial charge < -0.3 is 5.32 Å². The van der Waals surface area contributed by atoms with E-state index in [0.717, 1.165) is 28.5 Å². The maximum Gasteiger partial charge on any atom is 0.251 e. The Morgan fingerprint density at radius 1 is 1.08 bits per heavy atom. The number of carbonyl (C=O) groups is 1. The molecule has 4 rings (SSSR count). The second-order valence-electron chi connectivity index (χ2n) is 5.93. The van der Waals surface area contributed by atoms with Crippen molar-refractivity contribution in [1.82, 2.24) is 20.3 Å². The van der Waals surface area contributed by atoms with Crippen molar-refractivity contribution in [2.75, 3.05) is 0 Å². The van der Waals surface area contributed by atoms with Crippen LogP contribution in [0.15, 0.2) is 60.7 Å². The Labute approximate surface area is 145 Å². The van der Waals surface area contributed by atoms with Crippen molar-refractivity contribution in [3.05, 3.63) is 71.8 Å². The average Bonchev–Trinajstić information content (AvgIpc) is 3.08. The summed E-state index contributed by atoms with van der Waals surface area (Å²) in [6.45, 7) is 3.25. The minimum atomic E-state index is -0.110. The van der Waals surface area contributed by atoms with E-state index < -0.39 is 0 Å². The standard InChI is InChI=1S/C20H18N4O/c1-2-24-19-11-10-15(12-18(19)22-23-24)20(25)21-13-16-8-5-7-14-6-3-4-9-17(14)16/h3-12H,2,13H2,1H3,(H,21,25). The maximum atomic E-state index is 12.5. The first kappa shape index (κ1) is 15.3. The summed E-state index contributed by atoms with van der Waals surface area (Å²) in [4.78, 5) is 12.5. The van der Waals surface area contributed by atoms with Gasteiger partial charge in [-0.3, -0.25) is 4.79 Å². The van der Waals surface area contributed by atoms with Crippen LogP contribution in [0.3, 0.4) is 0 Å². The monoisotopic (exact) mass is 330 g/mol. The van der Waals surface area contributed by atoms with Crippen LogP contribution < -0.4 is 5.32 Å².